The van der Waals surface area contributed by atoms with E-state index in [0.29, 0.717) is 17.5 Å². The summed E-state index contributed by atoms with van der Waals surface area (Å²) in [4.78, 5) is 4.45. The van der Waals surface area contributed by atoms with Gasteiger partial charge < -0.3 is 9.84 Å². The van der Waals surface area contributed by atoms with Gasteiger partial charge in [0.2, 0.25) is 5.13 Å². The SMILES string of the molecule is Cc1ccc(-c2nc(CSc3nnc(NCc4ccccc4)s3)no2)cc1. The second kappa shape index (κ2) is 8.32. The van der Waals surface area contributed by atoms with E-state index in [-0.39, 0.29) is 0 Å². The highest BCUT2D eigenvalue weighted by molar-refractivity contribution is 8.00. The molecule has 4 rings (SSSR count). The zero-order valence-corrected chi connectivity index (χ0v) is 16.3. The van der Waals surface area contributed by atoms with Crippen LogP contribution in [0.15, 0.2) is 63.5 Å². The molecule has 0 saturated heterocycles. The van der Waals surface area contributed by atoms with E-state index < -0.39 is 0 Å². The molecule has 136 valence electrons. The van der Waals surface area contributed by atoms with Crippen LogP contribution in [0, 0.1) is 6.92 Å². The number of thioether (sulfide) groups is 1. The fraction of sp³-hybridized carbons (Fsp3) is 0.158. The Balaban J connectivity index is 1.32. The van der Waals surface area contributed by atoms with Crippen LogP contribution in [0.3, 0.4) is 0 Å². The Morgan fingerprint density at radius 3 is 2.67 bits per heavy atom. The molecule has 0 amide bonds. The monoisotopic (exact) mass is 395 g/mol. The summed E-state index contributed by atoms with van der Waals surface area (Å²) in [5.41, 5.74) is 3.33. The van der Waals surface area contributed by atoms with Gasteiger partial charge in [-0.3, -0.25) is 0 Å². The molecule has 0 aliphatic rings. The van der Waals surface area contributed by atoms with Crippen molar-refractivity contribution in [1.29, 1.82) is 0 Å². The lowest BCUT2D eigenvalue weighted by Crippen LogP contribution is -1.98. The van der Waals surface area contributed by atoms with Gasteiger partial charge in [-0.2, -0.15) is 4.98 Å². The molecule has 0 fully saturated rings. The van der Waals surface area contributed by atoms with Crippen molar-refractivity contribution < 1.29 is 4.52 Å². The van der Waals surface area contributed by atoms with Crippen molar-refractivity contribution in [3.05, 3.63) is 71.5 Å². The van der Waals surface area contributed by atoms with Crippen molar-refractivity contribution in [1.82, 2.24) is 20.3 Å². The normalized spacial score (nSPS) is 10.9. The number of nitrogens with zero attached hydrogens (tertiary/aromatic N) is 4. The second-order valence-electron chi connectivity index (χ2n) is 5.88. The van der Waals surface area contributed by atoms with Crippen LogP contribution < -0.4 is 5.32 Å². The number of aromatic nitrogens is 4. The molecular weight excluding hydrogens is 378 g/mol. The van der Waals surface area contributed by atoms with Crippen molar-refractivity contribution >= 4 is 28.2 Å². The summed E-state index contributed by atoms with van der Waals surface area (Å²) in [6, 6.07) is 18.2. The van der Waals surface area contributed by atoms with Crippen LogP contribution in [0.25, 0.3) is 11.5 Å². The minimum atomic E-state index is 0.535. The Labute approximate surface area is 165 Å². The van der Waals surface area contributed by atoms with Crippen LogP contribution in [0.1, 0.15) is 17.0 Å². The highest BCUT2D eigenvalue weighted by Crippen LogP contribution is 2.28. The Morgan fingerprint density at radius 1 is 1.04 bits per heavy atom. The summed E-state index contributed by atoms with van der Waals surface area (Å²) in [7, 11) is 0. The zero-order valence-electron chi connectivity index (χ0n) is 14.6. The van der Waals surface area contributed by atoms with E-state index in [0.717, 1.165) is 21.6 Å². The van der Waals surface area contributed by atoms with Crippen molar-refractivity contribution in [3.63, 3.8) is 0 Å². The predicted octanol–water partition coefficient (Wildman–Crippen LogP) is 4.80. The van der Waals surface area contributed by atoms with Gasteiger partial charge in [0, 0.05) is 12.1 Å². The van der Waals surface area contributed by atoms with E-state index in [2.05, 4.69) is 37.8 Å². The molecule has 6 nitrogen and oxygen atoms in total. The van der Waals surface area contributed by atoms with E-state index in [1.54, 1.807) is 11.8 Å². The van der Waals surface area contributed by atoms with Gasteiger partial charge in [-0.05, 0) is 24.6 Å². The van der Waals surface area contributed by atoms with E-state index in [9.17, 15) is 0 Å². The standard InChI is InChI=1S/C19H17N5OS2/c1-13-7-9-15(10-8-13)17-21-16(24-25-17)12-26-19-23-22-18(27-19)20-11-14-5-3-2-4-6-14/h2-10H,11-12H2,1H3,(H,20,22). The number of hydrogen-bond donors (Lipinski definition) is 1. The van der Waals surface area contributed by atoms with Crippen molar-refractivity contribution in [3.8, 4) is 11.5 Å². The Bertz CT molecular complexity index is 998. The van der Waals surface area contributed by atoms with Crippen LogP contribution >= 0.6 is 23.1 Å². The molecule has 0 radical (unpaired) electrons. The molecule has 0 atom stereocenters. The Kier molecular flexibility index (Phi) is 5.45. The van der Waals surface area contributed by atoms with Crippen LogP contribution in [-0.2, 0) is 12.3 Å². The average molecular weight is 396 g/mol. The number of benzene rings is 2. The quantitative estimate of drug-likeness (QED) is 0.450. The minimum Gasteiger partial charge on any atom is -0.356 e. The lowest BCUT2D eigenvalue weighted by atomic mass is 10.1. The molecule has 2 heterocycles. The van der Waals surface area contributed by atoms with E-state index in [4.69, 9.17) is 4.52 Å². The molecule has 0 aliphatic heterocycles. The van der Waals surface area contributed by atoms with E-state index >= 15 is 0 Å². The summed E-state index contributed by atoms with van der Waals surface area (Å²) in [5, 5.41) is 16.5. The molecular formula is C19H17N5OS2. The summed E-state index contributed by atoms with van der Waals surface area (Å²) < 4.78 is 6.22. The lowest BCUT2D eigenvalue weighted by Gasteiger charge is -2.00. The predicted molar refractivity (Wildman–Crippen MR) is 108 cm³/mol. The van der Waals surface area contributed by atoms with Crippen LogP contribution in [0.4, 0.5) is 5.13 Å². The number of nitrogens with one attached hydrogen (secondary N) is 1. The van der Waals surface area contributed by atoms with Crippen LogP contribution in [0.5, 0.6) is 0 Å². The third-order valence-electron chi connectivity index (χ3n) is 3.78. The molecule has 27 heavy (non-hydrogen) atoms. The lowest BCUT2D eigenvalue weighted by molar-refractivity contribution is 0.425. The van der Waals surface area contributed by atoms with Crippen molar-refractivity contribution in [2.75, 3.05) is 5.32 Å². The number of hydrogen-bond acceptors (Lipinski definition) is 8. The van der Waals surface area contributed by atoms with Crippen molar-refractivity contribution in [2.24, 2.45) is 0 Å². The van der Waals surface area contributed by atoms with Gasteiger partial charge in [0.1, 0.15) is 0 Å². The fourth-order valence-corrected chi connectivity index (χ4v) is 3.96. The largest absolute Gasteiger partial charge is 0.356 e. The summed E-state index contributed by atoms with van der Waals surface area (Å²) in [5.74, 6) is 1.76. The maximum Gasteiger partial charge on any atom is 0.257 e. The number of rotatable bonds is 7. The smallest absolute Gasteiger partial charge is 0.257 e. The second-order valence-corrected chi connectivity index (χ2v) is 8.08. The summed E-state index contributed by atoms with van der Waals surface area (Å²) in [6.07, 6.45) is 0. The summed E-state index contributed by atoms with van der Waals surface area (Å²) >= 11 is 3.07. The highest BCUT2D eigenvalue weighted by atomic mass is 32.2. The first-order valence-corrected chi connectivity index (χ1v) is 10.2. The third-order valence-corrected chi connectivity index (χ3v) is 5.79. The molecule has 1 N–H and O–H groups in total. The fourth-order valence-electron chi connectivity index (χ4n) is 2.37. The molecule has 0 spiro atoms. The molecule has 8 heteroatoms. The first kappa shape index (κ1) is 17.7. The zero-order chi connectivity index (χ0) is 18.5. The van der Waals surface area contributed by atoms with Gasteiger partial charge in [-0.1, -0.05) is 76.3 Å². The highest BCUT2D eigenvalue weighted by Gasteiger charge is 2.11. The molecule has 4 aromatic rings. The first-order chi connectivity index (χ1) is 13.3. The molecule has 0 saturated carbocycles. The topological polar surface area (TPSA) is 76.7 Å². The number of aryl methyl sites for hydroxylation is 1. The van der Waals surface area contributed by atoms with Gasteiger partial charge >= 0.3 is 0 Å². The molecule has 0 unspecified atom stereocenters. The van der Waals surface area contributed by atoms with E-state index in [1.165, 1.54) is 22.5 Å². The van der Waals surface area contributed by atoms with Gasteiger partial charge in [0.25, 0.3) is 5.89 Å². The van der Waals surface area contributed by atoms with Crippen LogP contribution in [0.2, 0.25) is 0 Å². The minimum absolute atomic E-state index is 0.535. The van der Waals surface area contributed by atoms with Gasteiger partial charge in [0.15, 0.2) is 10.2 Å². The maximum absolute atomic E-state index is 5.35. The maximum atomic E-state index is 5.35. The molecule has 0 aliphatic carbocycles. The van der Waals surface area contributed by atoms with Gasteiger partial charge in [0.05, 0.1) is 5.75 Å². The Hall–Kier alpha value is -2.71. The summed E-state index contributed by atoms with van der Waals surface area (Å²) in [6.45, 7) is 2.77. The van der Waals surface area contributed by atoms with Crippen molar-refractivity contribution in [2.45, 2.75) is 23.6 Å². The molecule has 2 aromatic carbocycles. The van der Waals surface area contributed by atoms with Gasteiger partial charge in [-0.15, -0.1) is 10.2 Å². The third kappa shape index (κ3) is 4.72. The average Bonchev–Trinajstić information content (AvgIpc) is 3.36. The molecule has 0 bridgehead atoms. The molecule has 2 aromatic heterocycles. The Morgan fingerprint density at radius 2 is 1.85 bits per heavy atom. The van der Waals surface area contributed by atoms with Crippen LogP contribution in [-0.4, -0.2) is 20.3 Å². The first-order valence-electron chi connectivity index (χ1n) is 8.40. The van der Waals surface area contributed by atoms with E-state index in [1.807, 2.05) is 49.4 Å². The number of anilines is 1. The van der Waals surface area contributed by atoms with Gasteiger partial charge in [-0.25, -0.2) is 0 Å².